The number of alkyl halides is 1. The molecule has 1 aliphatic heterocycles. The lowest BCUT2D eigenvalue weighted by molar-refractivity contribution is -0.123. The number of rotatable bonds is 4. The third-order valence-electron chi connectivity index (χ3n) is 3.34. The average molecular weight is 282 g/mol. The molecule has 0 bridgehead atoms. The molecule has 0 saturated carbocycles. The van der Waals surface area contributed by atoms with E-state index in [-0.39, 0.29) is 23.2 Å². The Bertz CT molecular complexity index is 448. The third kappa shape index (κ3) is 3.63. The normalized spacial score (nSPS) is 20.9. The standard InChI is InChI=1S/C15H20ClNO2/c1-10(16)9-11(2)17-15(18)13-7-8-19-14-6-4-3-5-12(13)14/h3-6,10-11,13H,7-9H2,1-2H3,(H,17,18). The number of hydrogen-bond acceptors (Lipinski definition) is 2. The molecule has 0 radical (unpaired) electrons. The zero-order valence-corrected chi connectivity index (χ0v) is 12.1. The molecule has 4 heteroatoms. The molecule has 1 amide bonds. The molecule has 0 fully saturated rings. The number of carbonyl (C=O) groups excluding carboxylic acids is 1. The van der Waals surface area contributed by atoms with Crippen LogP contribution >= 0.6 is 11.6 Å². The summed E-state index contributed by atoms with van der Waals surface area (Å²) in [5.74, 6) is 0.783. The summed E-state index contributed by atoms with van der Waals surface area (Å²) >= 11 is 5.95. The molecule has 2 rings (SSSR count). The van der Waals surface area contributed by atoms with Crippen molar-refractivity contribution in [3.8, 4) is 5.75 Å². The molecule has 3 atom stereocenters. The van der Waals surface area contributed by atoms with Crippen LogP contribution in [-0.4, -0.2) is 23.9 Å². The van der Waals surface area contributed by atoms with Gasteiger partial charge in [0, 0.05) is 17.0 Å². The van der Waals surface area contributed by atoms with Crippen LogP contribution < -0.4 is 10.1 Å². The van der Waals surface area contributed by atoms with E-state index in [0.717, 1.165) is 24.2 Å². The second-order valence-electron chi connectivity index (χ2n) is 5.15. The van der Waals surface area contributed by atoms with Crippen molar-refractivity contribution in [2.45, 2.75) is 44.0 Å². The second kappa shape index (κ2) is 6.29. The van der Waals surface area contributed by atoms with Crippen LogP contribution in [0.1, 0.15) is 38.2 Å². The quantitative estimate of drug-likeness (QED) is 0.862. The highest BCUT2D eigenvalue weighted by molar-refractivity contribution is 6.20. The summed E-state index contributed by atoms with van der Waals surface area (Å²) in [5.41, 5.74) is 0.984. The van der Waals surface area contributed by atoms with Crippen molar-refractivity contribution >= 4 is 17.5 Å². The van der Waals surface area contributed by atoms with E-state index in [0.29, 0.717) is 6.61 Å². The molecule has 0 spiro atoms. The summed E-state index contributed by atoms with van der Waals surface area (Å²) in [7, 11) is 0. The maximum absolute atomic E-state index is 12.3. The molecule has 0 saturated heterocycles. The zero-order chi connectivity index (χ0) is 13.8. The van der Waals surface area contributed by atoms with Gasteiger partial charge in [-0.05, 0) is 32.8 Å². The van der Waals surface area contributed by atoms with Gasteiger partial charge in [-0.3, -0.25) is 4.79 Å². The van der Waals surface area contributed by atoms with Gasteiger partial charge < -0.3 is 10.1 Å². The van der Waals surface area contributed by atoms with E-state index in [1.54, 1.807) is 0 Å². The van der Waals surface area contributed by atoms with Gasteiger partial charge in [-0.2, -0.15) is 0 Å². The first kappa shape index (κ1) is 14.2. The third-order valence-corrected chi connectivity index (χ3v) is 3.52. The van der Waals surface area contributed by atoms with Crippen LogP contribution in [0, 0.1) is 0 Å². The first-order valence-electron chi connectivity index (χ1n) is 6.74. The van der Waals surface area contributed by atoms with Gasteiger partial charge in [0.25, 0.3) is 0 Å². The molecule has 1 N–H and O–H groups in total. The van der Waals surface area contributed by atoms with Gasteiger partial charge in [-0.1, -0.05) is 18.2 Å². The molecule has 1 aromatic carbocycles. The van der Waals surface area contributed by atoms with E-state index < -0.39 is 0 Å². The Morgan fingerprint density at radius 3 is 2.95 bits per heavy atom. The highest BCUT2D eigenvalue weighted by atomic mass is 35.5. The number of amides is 1. The van der Waals surface area contributed by atoms with Crippen LogP contribution in [0.4, 0.5) is 0 Å². The Balaban J connectivity index is 2.04. The van der Waals surface area contributed by atoms with Gasteiger partial charge in [0.15, 0.2) is 0 Å². The highest BCUT2D eigenvalue weighted by Gasteiger charge is 2.28. The molecular formula is C15H20ClNO2. The van der Waals surface area contributed by atoms with Crippen molar-refractivity contribution in [1.29, 1.82) is 0 Å². The molecule has 1 aromatic rings. The van der Waals surface area contributed by atoms with E-state index in [4.69, 9.17) is 16.3 Å². The van der Waals surface area contributed by atoms with Crippen LogP contribution in [0.15, 0.2) is 24.3 Å². The van der Waals surface area contributed by atoms with Crippen molar-refractivity contribution in [1.82, 2.24) is 5.32 Å². The fourth-order valence-electron chi connectivity index (χ4n) is 2.50. The van der Waals surface area contributed by atoms with E-state index >= 15 is 0 Å². The molecule has 0 aliphatic carbocycles. The van der Waals surface area contributed by atoms with Crippen LogP contribution in [0.5, 0.6) is 5.75 Å². The number of halogens is 1. The maximum atomic E-state index is 12.3. The maximum Gasteiger partial charge on any atom is 0.228 e. The van der Waals surface area contributed by atoms with E-state index in [2.05, 4.69) is 5.32 Å². The molecule has 1 heterocycles. The Labute approximate surface area is 119 Å². The molecule has 3 unspecified atom stereocenters. The SMILES string of the molecule is CC(Cl)CC(C)NC(=O)C1CCOc2ccccc21. The molecule has 19 heavy (non-hydrogen) atoms. The number of fused-ring (bicyclic) bond motifs is 1. The fraction of sp³-hybridized carbons (Fsp3) is 0.533. The predicted octanol–water partition coefficient (Wildman–Crippen LogP) is 3.07. The minimum absolute atomic E-state index is 0.0669. The smallest absolute Gasteiger partial charge is 0.228 e. The molecule has 3 nitrogen and oxygen atoms in total. The number of benzene rings is 1. The van der Waals surface area contributed by atoms with Gasteiger partial charge in [0.2, 0.25) is 5.91 Å². The minimum atomic E-state index is -0.113. The highest BCUT2D eigenvalue weighted by Crippen LogP contribution is 2.33. The summed E-state index contributed by atoms with van der Waals surface area (Å²) in [6.07, 6.45) is 1.50. The van der Waals surface area contributed by atoms with Crippen molar-refractivity contribution in [2.75, 3.05) is 6.61 Å². The predicted molar refractivity (Wildman–Crippen MR) is 76.8 cm³/mol. The number of carbonyl (C=O) groups is 1. The zero-order valence-electron chi connectivity index (χ0n) is 11.4. The largest absolute Gasteiger partial charge is 0.493 e. The summed E-state index contributed by atoms with van der Waals surface area (Å²) < 4.78 is 5.57. The van der Waals surface area contributed by atoms with Crippen molar-refractivity contribution in [2.24, 2.45) is 0 Å². The van der Waals surface area contributed by atoms with Crippen LogP contribution in [0.2, 0.25) is 0 Å². The van der Waals surface area contributed by atoms with Crippen molar-refractivity contribution in [3.05, 3.63) is 29.8 Å². The number of nitrogens with one attached hydrogen (secondary N) is 1. The minimum Gasteiger partial charge on any atom is -0.493 e. The number of hydrogen-bond donors (Lipinski definition) is 1. The summed E-state index contributed by atoms with van der Waals surface area (Å²) in [6, 6.07) is 7.84. The van der Waals surface area contributed by atoms with E-state index in [9.17, 15) is 4.79 Å². The van der Waals surface area contributed by atoms with Crippen LogP contribution in [0.25, 0.3) is 0 Å². The second-order valence-corrected chi connectivity index (χ2v) is 5.90. The van der Waals surface area contributed by atoms with Crippen LogP contribution in [0.3, 0.4) is 0 Å². The van der Waals surface area contributed by atoms with Gasteiger partial charge >= 0.3 is 0 Å². The van der Waals surface area contributed by atoms with Gasteiger partial charge in [0.05, 0.1) is 12.5 Å². The molecule has 1 aliphatic rings. The van der Waals surface area contributed by atoms with E-state index in [1.807, 2.05) is 38.1 Å². The average Bonchev–Trinajstić information content (AvgIpc) is 2.36. The fourth-order valence-corrected chi connectivity index (χ4v) is 2.77. The Morgan fingerprint density at radius 2 is 2.21 bits per heavy atom. The lowest BCUT2D eigenvalue weighted by atomic mass is 9.92. The summed E-state index contributed by atoms with van der Waals surface area (Å²) in [6.45, 7) is 4.52. The lowest BCUT2D eigenvalue weighted by Gasteiger charge is -2.26. The van der Waals surface area contributed by atoms with E-state index in [1.165, 1.54) is 0 Å². The van der Waals surface area contributed by atoms with Gasteiger partial charge in [-0.15, -0.1) is 11.6 Å². The van der Waals surface area contributed by atoms with Crippen molar-refractivity contribution < 1.29 is 9.53 Å². The summed E-state index contributed by atoms with van der Waals surface area (Å²) in [4.78, 5) is 12.3. The van der Waals surface area contributed by atoms with Gasteiger partial charge in [0.1, 0.15) is 5.75 Å². The summed E-state index contributed by atoms with van der Waals surface area (Å²) in [5, 5.41) is 3.11. The topological polar surface area (TPSA) is 38.3 Å². The lowest BCUT2D eigenvalue weighted by Crippen LogP contribution is -2.38. The molecule has 0 aromatic heterocycles. The number of ether oxygens (including phenoxy) is 1. The monoisotopic (exact) mass is 281 g/mol. The Morgan fingerprint density at radius 1 is 1.47 bits per heavy atom. The molecule has 104 valence electrons. The van der Waals surface area contributed by atoms with Crippen LogP contribution in [-0.2, 0) is 4.79 Å². The Kier molecular flexibility index (Phi) is 4.70. The Hall–Kier alpha value is -1.22. The molecular weight excluding hydrogens is 262 g/mol. The van der Waals surface area contributed by atoms with Gasteiger partial charge in [-0.25, -0.2) is 0 Å². The first-order valence-corrected chi connectivity index (χ1v) is 7.17. The first-order chi connectivity index (χ1) is 9.08. The van der Waals surface area contributed by atoms with Crippen molar-refractivity contribution in [3.63, 3.8) is 0 Å². The number of para-hydroxylation sites is 1.